The number of amides is 2. The second kappa shape index (κ2) is 13.0. The van der Waals surface area contributed by atoms with Crippen LogP contribution in [0.25, 0.3) is 0 Å². The number of methoxy groups -OCH3 is 1. The molecule has 0 N–H and O–H groups in total. The first-order valence-electron chi connectivity index (χ1n) is 15.4. The lowest BCUT2D eigenvalue weighted by Crippen LogP contribution is -2.29. The van der Waals surface area contributed by atoms with E-state index in [-0.39, 0.29) is 27.9 Å². The third-order valence-electron chi connectivity index (χ3n) is 8.55. The van der Waals surface area contributed by atoms with Gasteiger partial charge in [0, 0.05) is 11.0 Å². The minimum atomic E-state index is -1.08. The number of anilines is 1. The third kappa shape index (κ3) is 6.20. The Hall–Kier alpha value is -6.02. The highest BCUT2D eigenvalue weighted by molar-refractivity contribution is 6.34. The molecule has 6 rings (SSSR count). The van der Waals surface area contributed by atoms with E-state index in [0.29, 0.717) is 28.5 Å². The van der Waals surface area contributed by atoms with Gasteiger partial charge in [0.05, 0.1) is 29.5 Å². The highest BCUT2D eigenvalue weighted by Gasteiger charge is 2.37. The molecule has 1 atom stereocenters. The number of imide groups is 1. The summed E-state index contributed by atoms with van der Waals surface area (Å²) in [6, 6.07) is 35.4. The van der Waals surface area contributed by atoms with E-state index in [0.717, 1.165) is 10.5 Å². The predicted molar refractivity (Wildman–Crippen MR) is 181 cm³/mol. The lowest BCUT2D eigenvalue weighted by molar-refractivity contribution is 0.0318. The van der Waals surface area contributed by atoms with E-state index in [1.807, 2.05) is 42.5 Å². The molecule has 0 radical (unpaired) electrons. The van der Waals surface area contributed by atoms with Gasteiger partial charge in [-0.3, -0.25) is 14.4 Å². The van der Waals surface area contributed by atoms with Crippen LogP contribution in [0.2, 0.25) is 0 Å². The molecule has 0 spiro atoms. The molecule has 1 aliphatic rings. The van der Waals surface area contributed by atoms with Gasteiger partial charge in [-0.2, -0.15) is 0 Å². The summed E-state index contributed by atoms with van der Waals surface area (Å²) in [6.45, 7) is 5.83. The highest BCUT2D eigenvalue weighted by atomic mass is 16.5. The van der Waals surface area contributed by atoms with Crippen molar-refractivity contribution in [2.45, 2.75) is 32.3 Å². The van der Waals surface area contributed by atoms with Crippen molar-refractivity contribution < 1.29 is 33.4 Å². The topological polar surface area (TPSA) is 99.2 Å². The molecule has 0 aromatic heterocycles. The SMILES string of the molecule is COc1ccc(C(=O)C(C)OC(=O)c2ccc3c(c2)C(=O)N(c2ccc(Oc4ccc(C(C)(C)c5ccccc5)cc4)cc2)C3=O)cc1. The summed E-state index contributed by atoms with van der Waals surface area (Å²) in [5.74, 6) is -0.480. The average Bonchev–Trinajstić information content (AvgIpc) is 3.37. The monoisotopic (exact) mass is 639 g/mol. The largest absolute Gasteiger partial charge is 0.497 e. The number of ether oxygens (including phenoxy) is 3. The standard InChI is InChI=1S/C40H33NO7/c1-25(36(42)26-10-17-31(46-4)18-11-26)47-39(45)27-12-23-34-35(24-27)38(44)41(37(34)43)30-15-21-33(22-16-30)48-32-19-13-29(14-20-32)40(2,3)28-8-6-5-7-9-28/h5-25H,1-4H3. The van der Waals surface area contributed by atoms with Crippen LogP contribution in [0, 0.1) is 0 Å². The zero-order valence-electron chi connectivity index (χ0n) is 26.9. The predicted octanol–water partition coefficient (Wildman–Crippen LogP) is 8.04. The Balaban J connectivity index is 1.11. The summed E-state index contributed by atoms with van der Waals surface area (Å²) in [5.41, 5.74) is 3.19. The number of fused-ring (bicyclic) bond motifs is 1. The third-order valence-corrected chi connectivity index (χ3v) is 8.55. The fourth-order valence-electron chi connectivity index (χ4n) is 5.63. The molecule has 1 aliphatic heterocycles. The molecule has 0 bridgehead atoms. The van der Waals surface area contributed by atoms with Gasteiger partial charge in [0.2, 0.25) is 5.78 Å². The summed E-state index contributed by atoms with van der Waals surface area (Å²) in [5, 5.41) is 0. The van der Waals surface area contributed by atoms with Gasteiger partial charge < -0.3 is 14.2 Å². The van der Waals surface area contributed by atoms with Crippen LogP contribution in [0.5, 0.6) is 17.2 Å². The number of ketones is 1. The number of hydrogen-bond acceptors (Lipinski definition) is 7. The molecule has 1 heterocycles. The molecule has 5 aromatic rings. The van der Waals surface area contributed by atoms with Crippen LogP contribution in [-0.2, 0) is 10.2 Å². The van der Waals surface area contributed by atoms with Gasteiger partial charge in [0.25, 0.3) is 11.8 Å². The van der Waals surface area contributed by atoms with Crippen molar-refractivity contribution in [2.24, 2.45) is 0 Å². The average molecular weight is 640 g/mol. The first-order valence-corrected chi connectivity index (χ1v) is 15.4. The molecule has 8 heteroatoms. The van der Waals surface area contributed by atoms with Crippen molar-refractivity contribution in [2.75, 3.05) is 12.0 Å². The maximum atomic E-state index is 13.4. The molecule has 0 saturated carbocycles. The molecule has 8 nitrogen and oxygen atoms in total. The summed E-state index contributed by atoms with van der Waals surface area (Å²) in [4.78, 5) is 53.4. The Bertz CT molecular complexity index is 2000. The summed E-state index contributed by atoms with van der Waals surface area (Å²) >= 11 is 0. The van der Waals surface area contributed by atoms with Crippen molar-refractivity contribution in [3.8, 4) is 17.2 Å². The Morgan fingerprint density at radius 2 is 1.19 bits per heavy atom. The van der Waals surface area contributed by atoms with E-state index in [9.17, 15) is 19.2 Å². The first kappa shape index (κ1) is 31.9. The maximum absolute atomic E-state index is 13.4. The second-order valence-electron chi connectivity index (χ2n) is 12.0. The Labute approximate surface area is 278 Å². The normalized spacial score (nSPS) is 13.1. The summed E-state index contributed by atoms with van der Waals surface area (Å²) in [6.07, 6.45) is -1.08. The van der Waals surface area contributed by atoms with Gasteiger partial charge >= 0.3 is 5.97 Å². The van der Waals surface area contributed by atoms with Gasteiger partial charge in [-0.25, -0.2) is 9.69 Å². The van der Waals surface area contributed by atoms with E-state index in [1.165, 1.54) is 37.8 Å². The number of esters is 1. The summed E-state index contributed by atoms with van der Waals surface area (Å²) in [7, 11) is 1.52. The molecule has 0 saturated heterocycles. The van der Waals surface area contributed by atoms with Crippen molar-refractivity contribution in [1.82, 2.24) is 0 Å². The van der Waals surface area contributed by atoms with Crippen LogP contribution in [0.4, 0.5) is 5.69 Å². The van der Waals surface area contributed by atoms with Crippen molar-refractivity contribution in [1.29, 1.82) is 0 Å². The zero-order chi connectivity index (χ0) is 34.0. The van der Waals surface area contributed by atoms with Gasteiger partial charge in [-0.15, -0.1) is 0 Å². The van der Waals surface area contributed by atoms with Crippen molar-refractivity contribution in [3.63, 3.8) is 0 Å². The number of rotatable bonds is 10. The quantitative estimate of drug-likeness (QED) is 0.0866. The maximum Gasteiger partial charge on any atom is 0.338 e. The number of nitrogens with zero attached hydrogens (tertiary/aromatic N) is 1. The fraction of sp³-hybridized carbons (Fsp3) is 0.150. The van der Waals surface area contributed by atoms with E-state index >= 15 is 0 Å². The van der Waals surface area contributed by atoms with Crippen LogP contribution >= 0.6 is 0 Å². The van der Waals surface area contributed by atoms with Crippen LogP contribution in [0.3, 0.4) is 0 Å². The van der Waals surface area contributed by atoms with Crippen LogP contribution in [-0.4, -0.2) is 36.8 Å². The second-order valence-corrected chi connectivity index (χ2v) is 12.0. The van der Waals surface area contributed by atoms with Crippen molar-refractivity contribution in [3.05, 3.63) is 155 Å². The first-order chi connectivity index (χ1) is 23.1. The molecular weight excluding hydrogens is 606 g/mol. The number of benzene rings is 5. The molecule has 5 aromatic carbocycles. The molecule has 1 unspecified atom stereocenters. The minimum Gasteiger partial charge on any atom is -0.497 e. The van der Waals surface area contributed by atoms with Gasteiger partial charge in [0.15, 0.2) is 6.10 Å². The van der Waals surface area contributed by atoms with Crippen LogP contribution in [0.15, 0.2) is 121 Å². The number of hydrogen-bond donors (Lipinski definition) is 0. The van der Waals surface area contributed by atoms with E-state index in [1.54, 1.807) is 48.5 Å². The molecule has 2 amide bonds. The van der Waals surface area contributed by atoms with Gasteiger partial charge in [-0.1, -0.05) is 56.3 Å². The van der Waals surface area contributed by atoms with Gasteiger partial charge in [-0.05, 0) is 96.9 Å². The van der Waals surface area contributed by atoms with E-state index < -0.39 is 23.9 Å². The molecule has 0 fully saturated rings. The lowest BCUT2D eigenvalue weighted by Gasteiger charge is -2.26. The molecule has 48 heavy (non-hydrogen) atoms. The fourth-order valence-corrected chi connectivity index (χ4v) is 5.63. The van der Waals surface area contributed by atoms with Crippen LogP contribution in [0.1, 0.15) is 73.3 Å². The van der Waals surface area contributed by atoms with Crippen molar-refractivity contribution >= 4 is 29.3 Å². The van der Waals surface area contributed by atoms with E-state index in [2.05, 4.69) is 26.0 Å². The smallest absolute Gasteiger partial charge is 0.338 e. The Kier molecular flexibility index (Phi) is 8.65. The number of carbonyl (C=O) groups excluding carboxylic acids is 4. The lowest BCUT2D eigenvalue weighted by atomic mass is 9.78. The molecular formula is C40H33NO7. The number of carbonyl (C=O) groups is 4. The number of Topliss-reactive ketones (excluding diaryl/α,β-unsaturated/α-hetero) is 1. The highest BCUT2D eigenvalue weighted by Crippen LogP contribution is 2.34. The zero-order valence-corrected chi connectivity index (χ0v) is 26.9. The van der Waals surface area contributed by atoms with Gasteiger partial charge in [0.1, 0.15) is 17.2 Å². The molecule has 0 aliphatic carbocycles. The van der Waals surface area contributed by atoms with Crippen LogP contribution < -0.4 is 14.4 Å². The Morgan fingerprint density at radius 1 is 0.646 bits per heavy atom. The Morgan fingerprint density at radius 3 is 1.81 bits per heavy atom. The van der Waals surface area contributed by atoms with E-state index in [4.69, 9.17) is 14.2 Å². The summed E-state index contributed by atoms with van der Waals surface area (Å²) < 4.78 is 16.6. The molecule has 240 valence electrons. The minimum absolute atomic E-state index is 0.0491.